The number of fused-ring (bicyclic) bond motifs is 3. The van der Waals surface area contributed by atoms with E-state index in [1.165, 1.54) is 16.0 Å². The first-order valence-corrected chi connectivity index (χ1v) is 9.69. The monoisotopic (exact) mass is 394 g/mol. The molecule has 0 bridgehead atoms. The summed E-state index contributed by atoms with van der Waals surface area (Å²) >= 11 is 1.31. The molecule has 0 N–H and O–H groups in total. The number of thiophene rings is 1. The third kappa shape index (κ3) is 3.27. The van der Waals surface area contributed by atoms with E-state index in [-0.39, 0.29) is 17.4 Å². The Morgan fingerprint density at radius 3 is 2.64 bits per heavy atom. The first-order chi connectivity index (χ1) is 13.4. The van der Waals surface area contributed by atoms with Crippen LogP contribution in [-0.2, 0) is 4.74 Å². The summed E-state index contributed by atoms with van der Waals surface area (Å²) in [6, 6.07) is 10.3. The van der Waals surface area contributed by atoms with Crippen molar-refractivity contribution in [3.8, 4) is 5.69 Å². The highest BCUT2D eigenvalue weighted by atomic mass is 32.1. The van der Waals surface area contributed by atoms with Crippen molar-refractivity contribution in [1.82, 2.24) is 20.0 Å². The lowest BCUT2D eigenvalue weighted by molar-refractivity contribution is 0.0459. The van der Waals surface area contributed by atoms with Gasteiger partial charge in [0.15, 0.2) is 0 Å². The first kappa shape index (κ1) is 18.2. The average molecular weight is 394 g/mol. The summed E-state index contributed by atoms with van der Waals surface area (Å²) in [5, 5.41) is 9.13. The molecule has 4 rings (SSSR count). The standard InChI is InChI=1S/C20H18N4O3S/c1-11(2)10-27-20(26)13-5-7-14(8-6-13)24-19(25)17-16(22-23-24)15-9-4-12(3)21-18(15)28-17/h4-9,11H,10H2,1-3H3. The summed E-state index contributed by atoms with van der Waals surface area (Å²) in [6.07, 6.45) is 0. The maximum Gasteiger partial charge on any atom is 0.338 e. The van der Waals surface area contributed by atoms with Crippen molar-refractivity contribution in [2.24, 2.45) is 5.92 Å². The Kier molecular flexibility index (Phi) is 4.64. The summed E-state index contributed by atoms with van der Waals surface area (Å²) in [5.74, 6) is -0.122. The highest BCUT2D eigenvalue weighted by Gasteiger charge is 2.15. The zero-order valence-corrected chi connectivity index (χ0v) is 16.5. The Labute approximate surface area is 164 Å². The second-order valence-electron chi connectivity index (χ2n) is 6.93. The van der Waals surface area contributed by atoms with E-state index in [9.17, 15) is 9.59 Å². The van der Waals surface area contributed by atoms with Crippen LogP contribution >= 0.6 is 11.3 Å². The molecule has 0 fully saturated rings. The number of hydrogen-bond acceptors (Lipinski definition) is 7. The summed E-state index contributed by atoms with van der Waals surface area (Å²) < 4.78 is 6.95. The van der Waals surface area contributed by atoms with Gasteiger partial charge in [-0.05, 0) is 49.2 Å². The maximum absolute atomic E-state index is 12.9. The lowest BCUT2D eigenvalue weighted by Crippen LogP contribution is -2.21. The van der Waals surface area contributed by atoms with Crippen molar-refractivity contribution in [3.05, 3.63) is 58.0 Å². The fraction of sp³-hybridized carbons (Fsp3) is 0.250. The minimum absolute atomic E-state index is 0.263. The number of carbonyl (C=O) groups excluding carboxylic acids is 1. The van der Waals surface area contributed by atoms with Crippen molar-refractivity contribution in [3.63, 3.8) is 0 Å². The SMILES string of the molecule is Cc1ccc2c(n1)sc1c(=O)n(-c3ccc(C(=O)OCC(C)C)cc3)nnc12. The Balaban J connectivity index is 1.71. The zero-order valence-electron chi connectivity index (χ0n) is 15.7. The van der Waals surface area contributed by atoms with Crippen LogP contribution in [0.4, 0.5) is 0 Å². The van der Waals surface area contributed by atoms with E-state index in [4.69, 9.17) is 4.74 Å². The van der Waals surface area contributed by atoms with Gasteiger partial charge in [-0.15, -0.1) is 16.4 Å². The van der Waals surface area contributed by atoms with Gasteiger partial charge >= 0.3 is 5.97 Å². The normalized spacial score (nSPS) is 11.4. The van der Waals surface area contributed by atoms with Crippen molar-refractivity contribution in [1.29, 1.82) is 0 Å². The van der Waals surface area contributed by atoms with Gasteiger partial charge in [-0.25, -0.2) is 9.78 Å². The van der Waals surface area contributed by atoms with Gasteiger partial charge in [-0.2, -0.15) is 4.68 Å². The fourth-order valence-electron chi connectivity index (χ4n) is 2.76. The van der Waals surface area contributed by atoms with Crippen LogP contribution in [0, 0.1) is 12.8 Å². The molecule has 1 aromatic carbocycles. The first-order valence-electron chi connectivity index (χ1n) is 8.87. The van der Waals surface area contributed by atoms with E-state index in [1.807, 2.05) is 32.9 Å². The Bertz CT molecular complexity index is 1240. The van der Waals surface area contributed by atoms with Crippen molar-refractivity contribution in [2.45, 2.75) is 20.8 Å². The van der Waals surface area contributed by atoms with Crippen LogP contribution in [0.5, 0.6) is 0 Å². The molecule has 7 nitrogen and oxygen atoms in total. The predicted molar refractivity (Wildman–Crippen MR) is 108 cm³/mol. The van der Waals surface area contributed by atoms with Crippen molar-refractivity contribution >= 4 is 37.7 Å². The van der Waals surface area contributed by atoms with E-state index in [0.29, 0.717) is 28.1 Å². The number of esters is 1. The van der Waals surface area contributed by atoms with Crippen LogP contribution < -0.4 is 5.56 Å². The van der Waals surface area contributed by atoms with E-state index < -0.39 is 0 Å². The number of aryl methyl sites for hydroxylation is 1. The lowest BCUT2D eigenvalue weighted by atomic mass is 10.2. The van der Waals surface area contributed by atoms with Crippen LogP contribution in [-0.4, -0.2) is 32.6 Å². The molecule has 0 atom stereocenters. The minimum atomic E-state index is -0.389. The second kappa shape index (κ2) is 7.12. The van der Waals surface area contributed by atoms with Gasteiger partial charge in [-0.3, -0.25) is 4.79 Å². The number of aromatic nitrogens is 4. The molecular weight excluding hydrogens is 376 g/mol. The number of ether oxygens (including phenoxy) is 1. The smallest absolute Gasteiger partial charge is 0.338 e. The second-order valence-corrected chi connectivity index (χ2v) is 7.93. The molecule has 0 saturated heterocycles. The Morgan fingerprint density at radius 1 is 1.18 bits per heavy atom. The molecule has 0 amide bonds. The molecule has 0 aliphatic rings. The summed E-state index contributed by atoms with van der Waals surface area (Å²) in [6.45, 7) is 6.22. The van der Waals surface area contributed by atoms with Gasteiger partial charge in [-0.1, -0.05) is 19.1 Å². The van der Waals surface area contributed by atoms with Crippen molar-refractivity contribution in [2.75, 3.05) is 6.61 Å². The van der Waals surface area contributed by atoms with Gasteiger partial charge in [0.2, 0.25) is 0 Å². The van der Waals surface area contributed by atoms with Gasteiger partial charge in [0.25, 0.3) is 5.56 Å². The third-order valence-electron chi connectivity index (χ3n) is 4.18. The summed E-state index contributed by atoms with van der Waals surface area (Å²) in [4.78, 5) is 30.2. The highest BCUT2D eigenvalue weighted by Crippen LogP contribution is 2.28. The summed E-state index contributed by atoms with van der Waals surface area (Å²) in [5.41, 5.74) is 2.13. The van der Waals surface area contributed by atoms with E-state index in [2.05, 4.69) is 15.3 Å². The fourth-order valence-corrected chi connectivity index (χ4v) is 3.84. The number of rotatable bonds is 4. The molecule has 0 saturated carbocycles. The third-order valence-corrected chi connectivity index (χ3v) is 5.26. The van der Waals surface area contributed by atoms with Crippen molar-refractivity contribution < 1.29 is 9.53 Å². The number of hydrogen-bond donors (Lipinski definition) is 0. The molecule has 0 radical (unpaired) electrons. The molecule has 28 heavy (non-hydrogen) atoms. The lowest BCUT2D eigenvalue weighted by Gasteiger charge is -2.08. The molecule has 0 aliphatic carbocycles. The molecule has 3 heterocycles. The predicted octanol–water partition coefficient (Wildman–Crippen LogP) is 3.51. The Hall–Kier alpha value is -3.13. The topological polar surface area (TPSA) is 87.0 Å². The van der Waals surface area contributed by atoms with E-state index in [0.717, 1.165) is 15.9 Å². The number of pyridine rings is 1. The Morgan fingerprint density at radius 2 is 1.93 bits per heavy atom. The quantitative estimate of drug-likeness (QED) is 0.492. The molecule has 3 aromatic heterocycles. The van der Waals surface area contributed by atoms with Gasteiger partial charge < -0.3 is 4.74 Å². The molecule has 4 aromatic rings. The number of benzene rings is 1. The molecule has 0 aliphatic heterocycles. The summed E-state index contributed by atoms with van der Waals surface area (Å²) in [7, 11) is 0. The minimum Gasteiger partial charge on any atom is -0.462 e. The van der Waals surface area contributed by atoms with Gasteiger partial charge in [0.1, 0.15) is 15.0 Å². The van der Waals surface area contributed by atoms with Crippen LogP contribution in [0.25, 0.3) is 26.1 Å². The van der Waals surface area contributed by atoms with E-state index >= 15 is 0 Å². The van der Waals surface area contributed by atoms with E-state index in [1.54, 1.807) is 24.3 Å². The highest BCUT2D eigenvalue weighted by molar-refractivity contribution is 7.25. The van der Waals surface area contributed by atoms with Crippen LogP contribution in [0.3, 0.4) is 0 Å². The molecule has 142 valence electrons. The van der Waals surface area contributed by atoms with Crippen LogP contribution in [0.15, 0.2) is 41.2 Å². The largest absolute Gasteiger partial charge is 0.462 e. The molecular formula is C20H18N4O3S. The number of carbonyl (C=O) groups is 1. The van der Waals surface area contributed by atoms with Gasteiger partial charge in [0, 0.05) is 11.1 Å². The average Bonchev–Trinajstić information content (AvgIpc) is 3.05. The molecule has 8 heteroatoms. The van der Waals surface area contributed by atoms with Gasteiger partial charge in [0.05, 0.1) is 17.9 Å². The zero-order chi connectivity index (χ0) is 19.8. The van der Waals surface area contributed by atoms with Crippen LogP contribution in [0.1, 0.15) is 29.9 Å². The molecule has 0 unspecified atom stereocenters. The van der Waals surface area contributed by atoms with Crippen LogP contribution in [0.2, 0.25) is 0 Å². The maximum atomic E-state index is 12.9. The number of nitrogens with zero attached hydrogens (tertiary/aromatic N) is 4. The molecule has 0 spiro atoms.